The smallest absolute Gasteiger partial charge is 0.271 e. The van der Waals surface area contributed by atoms with E-state index in [1.165, 1.54) is 11.1 Å². The zero-order valence-electron chi connectivity index (χ0n) is 14.3. The second kappa shape index (κ2) is 6.11. The van der Waals surface area contributed by atoms with E-state index < -0.39 is 5.91 Å². The van der Waals surface area contributed by atoms with E-state index in [0.717, 1.165) is 48.2 Å². The van der Waals surface area contributed by atoms with Crippen molar-refractivity contribution in [2.75, 3.05) is 5.32 Å². The maximum absolute atomic E-state index is 12.9. The van der Waals surface area contributed by atoms with Gasteiger partial charge in [0.25, 0.3) is 11.5 Å². The lowest BCUT2D eigenvalue weighted by atomic mass is 10.0. The Balaban J connectivity index is 1.76. The molecule has 5 nitrogen and oxygen atoms in total. The number of carbonyl (C=O) groups is 1. The van der Waals surface area contributed by atoms with Crippen LogP contribution in [0.25, 0.3) is 4.96 Å². The molecule has 1 aliphatic carbocycles. The Morgan fingerprint density at radius 3 is 2.88 bits per heavy atom. The predicted octanol–water partition coefficient (Wildman–Crippen LogP) is 3.50. The fourth-order valence-corrected chi connectivity index (χ4v) is 4.45. The lowest BCUT2D eigenvalue weighted by molar-refractivity contribution is 0.102. The van der Waals surface area contributed by atoms with Gasteiger partial charge in [0.05, 0.1) is 0 Å². The molecule has 2 heterocycles. The Morgan fingerprint density at radius 2 is 2.04 bits per heavy atom. The molecule has 0 saturated carbocycles. The molecule has 0 fully saturated rings. The summed E-state index contributed by atoms with van der Waals surface area (Å²) in [5.74, 6) is -0.406. The molecule has 1 amide bonds. The molecular weight excluding hydrogens is 334 g/mol. The molecule has 0 saturated heterocycles. The summed E-state index contributed by atoms with van der Waals surface area (Å²) < 4.78 is 1.64. The van der Waals surface area contributed by atoms with Crippen molar-refractivity contribution in [3.05, 3.63) is 62.0 Å². The number of carbonyl (C=O) groups excluding carboxylic acids is 1. The van der Waals surface area contributed by atoms with Crippen LogP contribution in [0.15, 0.2) is 29.2 Å². The van der Waals surface area contributed by atoms with Gasteiger partial charge in [0.2, 0.25) is 0 Å². The third-order valence-corrected chi connectivity index (χ3v) is 5.85. The van der Waals surface area contributed by atoms with E-state index in [2.05, 4.69) is 10.3 Å². The highest BCUT2D eigenvalue weighted by atomic mass is 32.1. The van der Waals surface area contributed by atoms with Gasteiger partial charge in [-0.25, -0.2) is 4.98 Å². The number of aromatic nitrogens is 2. The highest BCUT2D eigenvalue weighted by Crippen LogP contribution is 2.28. The zero-order chi connectivity index (χ0) is 17.6. The van der Waals surface area contributed by atoms with Crippen LogP contribution >= 0.6 is 11.3 Å². The third-order valence-electron chi connectivity index (χ3n) is 4.69. The molecule has 1 N–H and O–H groups in total. The maximum atomic E-state index is 12.9. The van der Waals surface area contributed by atoms with Gasteiger partial charge >= 0.3 is 0 Å². The average Bonchev–Trinajstić information content (AvgIpc) is 2.97. The normalized spacial score (nSPS) is 13.7. The molecule has 0 radical (unpaired) electrons. The van der Waals surface area contributed by atoms with Crippen molar-refractivity contribution >= 4 is 27.9 Å². The van der Waals surface area contributed by atoms with E-state index in [-0.39, 0.29) is 11.1 Å². The quantitative estimate of drug-likeness (QED) is 0.767. The first-order valence-electron chi connectivity index (χ1n) is 8.45. The monoisotopic (exact) mass is 353 g/mol. The Hall–Kier alpha value is -2.47. The summed E-state index contributed by atoms with van der Waals surface area (Å²) in [4.78, 5) is 31.9. The minimum Gasteiger partial charge on any atom is -0.322 e. The topological polar surface area (TPSA) is 63.5 Å². The van der Waals surface area contributed by atoms with Crippen LogP contribution in [-0.2, 0) is 12.8 Å². The van der Waals surface area contributed by atoms with E-state index >= 15 is 0 Å². The van der Waals surface area contributed by atoms with Gasteiger partial charge in [-0.05, 0) is 56.7 Å². The maximum Gasteiger partial charge on any atom is 0.271 e. The summed E-state index contributed by atoms with van der Waals surface area (Å²) in [6.07, 6.45) is 5.49. The molecular formula is C19H19N3O2S. The van der Waals surface area contributed by atoms with Crippen LogP contribution in [0.1, 0.15) is 44.9 Å². The van der Waals surface area contributed by atoms with Crippen molar-refractivity contribution in [2.45, 2.75) is 39.5 Å². The first-order chi connectivity index (χ1) is 12.0. The number of fused-ring (bicyclic) bond motifs is 3. The molecule has 4 rings (SSSR count). The zero-order valence-corrected chi connectivity index (χ0v) is 15.1. The first kappa shape index (κ1) is 16.0. The summed E-state index contributed by atoms with van der Waals surface area (Å²) in [5.41, 5.74) is 3.59. The molecule has 1 aromatic carbocycles. The Kier molecular flexibility index (Phi) is 3.92. The van der Waals surface area contributed by atoms with Crippen LogP contribution in [0.2, 0.25) is 0 Å². The largest absolute Gasteiger partial charge is 0.322 e. The number of hydrogen-bond acceptors (Lipinski definition) is 4. The number of nitrogens with zero attached hydrogens (tertiary/aromatic N) is 2. The first-order valence-corrected chi connectivity index (χ1v) is 9.27. The fourth-order valence-electron chi connectivity index (χ4n) is 3.28. The Labute approximate surface area is 149 Å². The van der Waals surface area contributed by atoms with Gasteiger partial charge in [0.1, 0.15) is 5.56 Å². The number of hydrogen-bond donors (Lipinski definition) is 1. The molecule has 1 aliphatic rings. The van der Waals surface area contributed by atoms with Crippen LogP contribution in [0.5, 0.6) is 0 Å². The van der Waals surface area contributed by atoms with Gasteiger partial charge in [-0.1, -0.05) is 12.1 Å². The SMILES string of the molecule is Cc1ccc(C)c(NC(=O)c2cnc3sc4c(n3c2=O)CCCC4)c1. The van der Waals surface area contributed by atoms with E-state index in [1.807, 2.05) is 32.0 Å². The molecule has 0 unspecified atom stereocenters. The van der Waals surface area contributed by atoms with Crippen molar-refractivity contribution < 1.29 is 4.79 Å². The number of nitrogens with one attached hydrogen (secondary N) is 1. The van der Waals surface area contributed by atoms with Crippen LogP contribution in [0.3, 0.4) is 0 Å². The van der Waals surface area contributed by atoms with Crippen LogP contribution in [0, 0.1) is 13.8 Å². The van der Waals surface area contributed by atoms with Crippen LogP contribution in [-0.4, -0.2) is 15.3 Å². The highest BCUT2D eigenvalue weighted by Gasteiger charge is 2.21. The molecule has 6 heteroatoms. The van der Waals surface area contributed by atoms with Gasteiger partial charge in [-0.3, -0.25) is 14.0 Å². The molecule has 0 aliphatic heterocycles. The second-order valence-corrected chi connectivity index (χ2v) is 7.61. The summed E-state index contributed by atoms with van der Waals surface area (Å²) in [6, 6.07) is 5.85. The number of anilines is 1. The third kappa shape index (κ3) is 2.76. The second-order valence-electron chi connectivity index (χ2n) is 6.55. The number of amides is 1. The molecule has 25 heavy (non-hydrogen) atoms. The number of benzene rings is 1. The summed E-state index contributed by atoms with van der Waals surface area (Å²) in [5, 5.41) is 2.86. The minimum absolute atomic E-state index is 0.0876. The van der Waals surface area contributed by atoms with Crippen molar-refractivity contribution in [3.63, 3.8) is 0 Å². The van der Waals surface area contributed by atoms with Gasteiger partial charge < -0.3 is 5.32 Å². The average molecular weight is 353 g/mol. The van der Waals surface area contributed by atoms with Crippen molar-refractivity contribution in [1.82, 2.24) is 9.38 Å². The summed E-state index contributed by atoms with van der Waals surface area (Å²) in [6.45, 7) is 3.90. The molecule has 0 spiro atoms. The molecule has 0 atom stereocenters. The number of aryl methyl sites for hydroxylation is 4. The van der Waals surface area contributed by atoms with Crippen LogP contribution in [0.4, 0.5) is 5.69 Å². The van der Waals surface area contributed by atoms with Crippen molar-refractivity contribution in [3.8, 4) is 0 Å². The van der Waals surface area contributed by atoms with Crippen molar-refractivity contribution in [2.24, 2.45) is 0 Å². The van der Waals surface area contributed by atoms with Gasteiger partial charge in [0, 0.05) is 22.5 Å². The fraction of sp³-hybridized carbons (Fsp3) is 0.316. The number of thiazole rings is 1. The molecule has 3 aromatic rings. The molecule has 2 aromatic heterocycles. The van der Waals surface area contributed by atoms with Gasteiger partial charge in [-0.2, -0.15) is 0 Å². The summed E-state index contributed by atoms with van der Waals surface area (Å²) >= 11 is 1.56. The van der Waals surface area contributed by atoms with E-state index in [1.54, 1.807) is 15.7 Å². The predicted molar refractivity (Wildman–Crippen MR) is 99.9 cm³/mol. The van der Waals surface area contributed by atoms with Gasteiger partial charge in [0.15, 0.2) is 4.96 Å². The van der Waals surface area contributed by atoms with Gasteiger partial charge in [-0.15, -0.1) is 11.3 Å². The standard InChI is InChI=1S/C19H19N3O2S/c1-11-7-8-12(2)14(9-11)21-17(23)13-10-20-19-22(18(13)24)15-5-3-4-6-16(15)25-19/h7-10H,3-6H2,1-2H3,(H,21,23). The van der Waals surface area contributed by atoms with Crippen molar-refractivity contribution in [1.29, 1.82) is 0 Å². The Morgan fingerprint density at radius 1 is 1.24 bits per heavy atom. The van der Waals surface area contributed by atoms with E-state index in [9.17, 15) is 9.59 Å². The van der Waals surface area contributed by atoms with E-state index in [0.29, 0.717) is 4.96 Å². The van der Waals surface area contributed by atoms with Crippen LogP contribution < -0.4 is 10.9 Å². The minimum atomic E-state index is -0.406. The highest BCUT2D eigenvalue weighted by molar-refractivity contribution is 7.17. The lowest BCUT2D eigenvalue weighted by Gasteiger charge is -2.11. The lowest BCUT2D eigenvalue weighted by Crippen LogP contribution is -2.27. The molecule has 0 bridgehead atoms. The summed E-state index contributed by atoms with van der Waals surface area (Å²) in [7, 11) is 0. The molecule has 128 valence electrons. The Bertz CT molecular complexity index is 1050. The number of rotatable bonds is 2. The van der Waals surface area contributed by atoms with E-state index in [4.69, 9.17) is 0 Å².